The Balaban J connectivity index is 2.91. The lowest BCUT2D eigenvalue weighted by Gasteiger charge is -2.12. The maximum Gasteiger partial charge on any atom is 0.330 e. The molecule has 0 aromatic carbocycles. The number of esters is 1. The monoisotopic (exact) mass is 420 g/mol. The highest BCUT2D eigenvalue weighted by Gasteiger charge is 2.10. The van der Waals surface area contributed by atoms with Gasteiger partial charge in [0.1, 0.15) is 0 Å². The fourth-order valence-electron chi connectivity index (χ4n) is 3.49. The summed E-state index contributed by atoms with van der Waals surface area (Å²) in [5.74, 6) is -0.523. The molecular weight excluding hydrogens is 380 g/mol. The van der Waals surface area contributed by atoms with Crippen molar-refractivity contribution in [1.29, 1.82) is 0 Å². The Kier molecular flexibility index (Phi) is 13.6. The largest absolute Gasteiger partial charge is 0.466 e. The molecule has 30 heavy (non-hydrogen) atoms. The molecule has 0 aliphatic heterocycles. The molecule has 6 nitrogen and oxygen atoms in total. The number of aryl methyl sites for hydroxylation is 1. The standard InChI is InChI=1S/C24H40N2O4/c1-4-6-8-10-12-14-18-25-20-21(16-17-22(27)30-3)23(28)26(24(25)29)19-15-13-11-9-7-5-2/h16-17,20H,4-15,18-19H2,1-3H3/b17-16-. The van der Waals surface area contributed by atoms with Crippen LogP contribution in [0.1, 0.15) is 96.5 Å². The van der Waals surface area contributed by atoms with Crippen LogP contribution in [0.3, 0.4) is 0 Å². The molecular formula is C24H40N2O4. The Morgan fingerprint density at radius 2 is 1.40 bits per heavy atom. The van der Waals surface area contributed by atoms with Crippen molar-refractivity contribution in [2.24, 2.45) is 0 Å². The molecule has 1 rings (SSSR count). The van der Waals surface area contributed by atoms with E-state index in [4.69, 9.17) is 0 Å². The topological polar surface area (TPSA) is 70.3 Å². The van der Waals surface area contributed by atoms with Gasteiger partial charge >= 0.3 is 11.7 Å². The summed E-state index contributed by atoms with van der Waals surface area (Å²) >= 11 is 0. The second kappa shape index (κ2) is 15.7. The lowest BCUT2D eigenvalue weighted by Crippen LogP contribution is -2.40. The molecule has 0 saturated heterocycles. The van der Waals surface area contributed by atoms with Crippen LogP contribution in [-0.2, 0) is 22.6 Å². The van der Waals surface area contributed by atoms with E-state index < -0.39 is 5.97 Å². The predicted octanol–water partition coefficient (Wildman–Crippen LogP) is 4.92. The zero-order valence-corrected chi connectivity index (χ0v) is 19.2. The van der Waals surface area contributed by atoms with Crippen molar-refractivity contribution in [2.75, 3.05) is 7.11 Å². The number of rotatable bonds is 16. The fourth-order valence-corrected chi connectivity index (χ4v) is 3.49. The molecule has 1 aromatic rings. The van der Waals surface area contributed by atoms with E-state index in [1.165, 1.54) is 62.4 Å². The number of hydrogen-bond donors (Lipinski definition) is 0. The third-order valence-electron chi connectivity index (χ3n) is 5.35. The Hall–Kier alpha value is -2.11. The van der Waals surface area contributed by atoms with Gasteiger partial charge in [-0.2, -0.15) is 0 Å². The Morgan fingerprint density at radius 3 is 1.97 bits per heavy atom. The van der Waals surface area contributed by atoms with Gasteiger partial charge in [0, 0.05) is 25.4 Å². The van der Waals surface area contributed by atoms with E-state index in [2.05, 4.69) is 18.6 Å². The van der Waals surface area contributed by atoms with Crippen molar-refractivity contribution in [3.05, 3.63) is 38.7 Å². The first-order valence-electron chi connectivity index (χ1n) is 11.6. The summed E-state index contributed by atoms with van der Waals surface area (Å²) in [4.78, 5) is 37.1. The highest BCUT2D eigenvalue weighted by molar-refractivity contribution is 5.86. The van der Waals surface area contributed by atoms with Gasteiger partial charge in [0.15, 0.2) is 0 Å². The van der Waals surface area contributed by atoms with Crippen LogP contribution < -0.4 is 11.2 Å². The van der Waals surface area contributed by atoms with Crippen molar-refractivity contribution in [3.63, 3.8) is 0 Å². The summed E-state index contributed by atoms with van der Waals surface area (Å²) in [7, 11) is 1.29. The maximum absolute atomic E-state index is 12.9. The van der Waals surface area contributed by atoms with Gasteiger partial charge in [-0.3, -0.25) is 13.9 Å². The van der Waals surface area contributed by atoms with Gasteiger partial charge in [-0.15, -0.1) is 0 Å². The Labute approximate surface area is 180 Å². The van der Waals surface area contributed by atoms with Crippen molar-refractivity contribution in [3.8, 4) is 0 Å². The fraction of sp³-hybridized carbons (Fsp3) is 0.708. The molecule has 0 amide bonds. The second-order valence-corrected chi connectivity index (χ2v) is 7.91. The third kappa shape index (κ3) is 9.59. The van der Waals surface area contributed by atoms with Gasteiger partial charge in [-0.05, 0) is 18.9 Å². The van der Waals surface area contributed by atoms with E-state index in [0.717, 1.165) is 38.5 Å². The summed E-state index contributed by atoms with van der Waals surface area (Å²) in [6, 6.07) is 0. The lowest BCUT2D eigenvalue weighted by molar-refractivity contribution is -0.134. The predicted molar refractivity (Wildman–Crippen MR) is 123 cm³/mol. The quantitative estimate of drug-likeness (QED) is 0.216. The number of carbonyl (C=O) groups is 1. The lowest BCUT2D eigenvalue weighted by atomic mass is 10.1. The zero-order valence-electron chi connectivity index (χ0n) is 19.2. The molecule has 0 fully saturated rings. The Morgan fingerprint density at radius 1 is 0.867 bits per heavy atom. The Bertz CT molecular complexity index is 761. The number of carbonyl (C=O) groups excluding carboxylic acids is 1. The number of unbranched alkanes of at least 4 members (excludes halogenated alkanes) is 10. The summed E-state index contributed by atoms with van der Waals surface area (Å²) in [5.41, 5.74) is -0.248. The number of nitrogens with zero attached hydrogens (tertiary/aromatic N) is 2. The number of methoxy groups -OCH3 is 1. The average Bonchev–Trinajstić information content (AvgIpc) is 2.75. The molecule has 1 heterocycles. The molecule has 0 aliphatic carbocycles. The molecule has 1 aromatic heterocycles. The van der Waals surface area contributed by atoms with E-state index in [1.807, 2.05) is 0 Å². The van der Waals surface area contributed by atoms with Crippen molar-refractivity contribution >= 4 is 12.0 Å². The van der Waals surface area contributed by atoms with Crippen LogP contribution in [0, 0.1) is 0 Å². The van der Waals surface area contributed by atoms with Crippen LogP contribution in [0.15, 0.2) is 21.9 Å². The molecule has 170 valence electrons. The number of hydrogen-bond acceptors (Lipinski definition) is 4. The summed E-state index contributed by atoms with van der Waals surface area (Å²) in [5, 5.41) is 0. The SMILES string of the molecule is CCCCCCCCn1cc(/C=C\C(=O)OC)c(=O)n(CCCCCCCC)c1=O. The average molecular weight is 421 g/mol. The first-order valence-corrected chi connectivity index (χ1v) is 11.6. The van der Waals surface area contributed by atoms with Gasteiger partial charge < -0.3 is 4.74 Å². The smallest absolute Gasteiger partial charge is 0.330 e. The van der Waals surface area contributed by atoms with Crippen molar-refractivity contribution in [2.45, 2.75) is 104 Å². The summed E-state index contributed by atoms with van der Waals surface area (Å²) in [6.07, 6.45) is 17.6. The van der Waals surface area contributed by atoms with Crippen LogP contribution in [0.2, 0.25) is 0 Å². The summed E-state index contributed by atoms with van der Waals surface area (Å²) in [6.45, 7) is 5.37. The molecule has 0 aliphatic rings. The molecule has 0 bridgehead atoms. The minimum Gasteiger partial charge on any atom is -0.466 e. The van der Waals surface area contributed by atoms with Crippen molar-refractivity contribution in [1.82, 2.24) is 9.13 Å². The van der Waals surface area contributed by atoms with Gasteiger partial charge in [-0.1, -0.05) is 78.1 Å². The van der Waals surface area contributed by atoms with Crippen LogP contribution in [0.4, 0.5) is 0 Å². The molecule has 0 saturated carbocycles. The highest BCUT2D eigenvalue weighted by atomic mass is 16.5. The first-order chi connectivity index (χ1) is 14.5. The zero-order chi connectivity index (χ0) is 22.2. The van der Waals surface area contributed by atoms with E-state index in [-0.39, 0.29) is 11.2 Å². The van der Waals surface area contributed by atoms with E-state index in [0.29, 0.717) is 18.7 Å². The third-order valence-corrected chi connectivity index (χ3v) is 5.35. The van der Waals surface area contributed by atoms with Crippen molar-refractivity contribution < 1.29 is 9.53 Å². The molecule has 6 heteroatoms. The molecule has 0 unspecified atom stereocenters. The van der Waals surface area contributed by atoms with Gasteiger partial charge in [0.25, 0.3) is 5.56 Å². The van der Waals surface area contributed by atoms with Crippen LogP contribution >= 0.6 is 0 Å². The van der Waals surface area contributed by atoms with Crippen LogP contribution in [-0.4, -0.2) is 22.2 Å². The van der Waals surface area contributed by atoms with Crippen LogP contribution in [0.25, 0.3) is 6.08 Å². The molecule has 0 spiro atoms. The van der Waals surface area contributed by atoms with E-state index in [9.17, 15) is 14.4 Å². The highest BCUT2D eigenvalue weighted by Crippen LogP contribution is 2.07. The van der Waals surface area contributed by atoms with Gasteiger partial charge in [0.2, 0.25) is 0 Å². The van der Waals surface area contributed by atoms with E-state index in [1.54, 1.807) is 10.8 Å². The van der Waals surface area contributed by atoms with Gasteiger partial charge in [-0.25, -0.2) is 9.59 Å². The normalized spacial score (nSPS) is 11.3. The minimum atomic E-state index is -0.523. The van der Waals surface area contributed by atoms with Gasteiger partial charge in [0.05, 0.1) is 12.7 Å². The number of aromatic nitrogens is 2. The molecule has 0 atom stereocenters. The summed E-state index contributed by atoms with van der Waals surface area (Å²) < 4.78 is 7.56. The maximum atomic E-state index is 12.9. The van der Waals surface area contributed by atoms with E-state index >= 15 is 0 Å². The molecule has 0 N–H and O–H groups in total. The molecule has 0 radical (unpaired) electrons. The second-order valence-electron chi connectivity index (χ2n) is 7.91. The van der Waals surface area contributed by atoms with Crippen LogP contribution in [0.5, 0.6) is 0 Å². The first kappa shape index (κ1) is 25.9. The minimum absolute atomic E-state index is 0.252. The number of ether oxygens (including phenoxy) is 1.